The molecule has 0 aliphatic carbocycles. The Morgan fingerprint density at radius 3 is 0.963 bits per heavy atom. The molecule has 0 unspecified atom stereocenters. The van der Waals surface area contributed by atoms with E-state index in [1.54, 1.807) is 45.3 Å². The van der Waals surface area contributed by atoms with Gasteiger partial charge in [-0.3, -0.25) is 0 Å². The second-order valence-electron chi connectivity index (χ2n) is 13.1. The maximum absolute atomic E-state index is 13.1. The molecule has 0 spiro atoms. The number of hydrogen-bond acceptors (Lipinski definition) is 4. The molecular formula is C44H22F6S4. The van der Waals surface area contributed by atoms with Crippen LogP contribution in [0.4, 0.5) is 26.3 Å². The highest BCUT2D eigenvalue weighted by Crippen LogP contribution is 2.47. The maximum Gasteiger partial charge on any atom is 0.416 e. The Morgan fingerprint density at radius 2 is 0.630 bits per heavy atom. The van der Waals surface area contributed by atoms with Gasteiger partial charge in [0.1, 0.15) is 0 Å². The van der Waals surface area contributed by atoms with Gasteiger partial charge in [-0.05, 0) is 106 Å². The molecule has 54 heavy (non-hydrogen) atoms. The second kappa shape index (κ2) is 12.3. The zero-order valence-corrected chi connectivity index (χ0v) is 30.9. The average Bonchev–Trinajstić information content (AvgIpc) is 3.91. The van der Waals surface area contributed by atoms with Gasteiger partial charge in [0.2, 0.25) is 0 Å². The lowest BCUT2D eigenvalue weighted by Crippen LogP contribution is -2.03. The van der Waals surface area contributed by atoms with Crippen LogP contribution in [0.25, 0.3) is 93.6 Å². The van der Waals surface area contributed by atoms with E-state index in [-0.39, 0.29) is 0 Å². The fraction of sp³-hybridized carbons (Fsp3) is 0.0455. The predicted octanol–water partition coefficient (Wildman–Crippen LogP) is 16.4. The molecule has 0 saturated carbocycles. The van der Waals surface area contributed by atoms with E-state index in [2.05, 4.69) is 72.8 Å². The van der Waals surface area contributed by atoms with Gasteiger partial charge in [0.15, 0.2) is 0 Å². The molecule has 4 aromatic heterocycles. The normalized spacial score (nSPS) is 12.9. The van der Waals surface area contributed by atoms with E-state index in [0.717, 1.165) is 77.8 Å². The SMILES string of the molecule is FC(F)(F)c1ccc(-c2ccc3sc4c5cc(/C=C/c6ccc7sc8c9cc(-c%10ccc(C(F)(F)F)cc%10)ccc9sc8c7c6)ccc5sc4c3c2)cc1. The van der Waals surface area contributed by atoms with Crippen LogP contribution in [-0.2, 0) is 12.4 Å². The highest BCUT2D eigenvalue weighted by molar-refractivity contribution is 7.37. The third-order valence-corrected chi connectivity index (χ3v) is 14.8. The van der Waals surface area contributed by atoms with E-state index >= 15 is 0 Å². The van der Waals surface area contributed by atoms with Crippen LogP contribution in [0.3, 0.4) is 0 Å². The number of thiophene rings is 4. The summed E-state index contributed by atoms with van der Waals surface area (Å²) in [6.07, 6.45) is -4.47. The topological polar surface area (TPSA) is 0 Å². The molecular weight excluding hydrogens is 771 g/mol. The van der Waals surface area contributed by atoms with E-state index in [0.29, 0.717) is 0 Å². The fourth-order valence-electron chi connectivity index (χ4n) is 7.02. The van der Waals surface area contributed by atoms with Crippen LogP contribution >= 0.6 is 45.3 Å². The third kappa shape index (κ3) is 5.71. The Hall–Kier alpha value is -5.00. The van der Waals surface area contributed by atoms with E-state index in [9.17, 15) is 26.3 Å². The standard InChI is InChI=1S/C44H22F6S4/c45-43(46,47)29-11-5-25(6-12-29)27-9-17-37-33(21-27)41-39(53-37)31-19-23(3-15-35(31)51-41)1-2-24-4-16-36-32(20-24)40-42(52-36)34-22-28(10-18-38(34)54-40)26-7-13-30(14-8-26)44(48,49)50/h1-22H/b2-1+. The highest BCUT2D eigenvalue weighted by Gasteiger charge is 2.31. The first-order chi connectivity index (χ1) is 26.0. The van der Waals surface area contributed by atoms with E-state index in [1.165, 1.54) is 63.2 Å². The first-order valence-electron chi connectivity index (χ1n) is 16.8. The van der Waals surface area contributed by atoms with Crippen molar-refractivity contribution in [3.63, 3.8) is 0 Å². The quantitative estimate of drug-likeness (QED) is 0.123. The highest BCUT2D eigenvalue weighted by atomic mass is 32.1. The molecule has 0 amide bonds. The van der Waals surface area contributed by atoms with Crippen molar-refractivity contribution in [3.05, 3.63) is 144 Å². The van der Waals surface area contributed by atoms with Crippen LogP contribution in [0.5, 0.6) is 0 Å². The van der Waals surface area contributed by atoms with Crippen molar-refractivity contribution in [2.75, 3.05) is 0 Å². The van der Waals surface area contributed by atoms with Gasteiger partial charge >= 0.3 is 12.4 Å². The zero-order chi connectivity index (χ0) is 36.9. The molecule has 10 rings (SSSR count). The lowest BCUT2D eigenvalue weighted by molar-refractivity contribution is -0.138. The summed E-state index contributed by atoms with van der Waals surface area (Å²) < 4.78 is 88.1. The van der Waals surface area contributed by atoms with E-state index < -0.39 is 23.5 Å². The Balaban J connectivity index is 0.956. The van der Waals surface area contributed by atoms with Gasteiger partial charge in [0.25, 0.3) is 0 Å². The predicted molar refractivity (Wildman–Crippen MR) is 219 cm³/mol. The summed E-state index contributed by atoms with van der Waals surface area (Å²) in [6, 6.07) is 35.9. The van der Waals surface area contributed by atoms with Gasteiger partial charge in [0.05, 0.1) is 29.9 Å². The summed E-state index contributed by atoms with van der Waals surface area (Å²) in [5, 5.41) is 4.59. The Kier molecular flexibility index (Phi) is 7.62. The fourth-order valence-corrected chi connectivity index (χ4v) is 12.2. The number of rotatable bonds is 4. The van der Waals surface area contributed by atoms with Crippen LogP contribution in [-0.4, -0.2) is 0 Å². The molecule has 0 nitrogen and oxygen atoms in total. The number of benzene rings is 6. The van der Waals surface area contributed by atoms with Crippen molar-refractivity contribution < 1.29 is 26.3 Å². The summed E-state index contributed by atoms with van der Waals surface area (Å²) in [5.41, 5.74) is 4.12. The van der Waals surface area contributed by atoms with Gasteiger partial charge in [0, 0.05) is 40.3 Å². The van der Waals surface area contributed by atoms with Crippen molar-refractivity contribution in [1.82, 2.24) is 0 Å². The van der Waals surface area contributed by atoms with Crippen LogP contribution in [0.15, 0.2) is 121 Å². The molecule has 0 fully saturated rings. The Morgan fingerprint density at radius 1 is 0.333 bits per heavy atom. The van der Waals surface area contributed by atoms with Crippen molar-refractivity contribution in [3.8, 4) is 22.3 Å². The summed E-state index contributed by atoms with van der Waals surface area (Å²) in [4.78, 5) is 0. The molecule has 0 radical (unpaired) electrons. The van der Waals surface area contributed by atoms with Crippen LogP contribution in [0.2, 0.25) is 0 Å². The minimum Gasteiger partial charge on any atom is -0.166 e. The van der Waals surface area contributed by atoms with Crippen LogP contribution in [0.1, 0.15) is 22.3 Å². The Labute approximate surface area is 319 Å². The van der Waals surface area contributed by atoms with Gasteiger partial charge in [-0.25, -0.2) is 0 Å². The smallest absolute Gasteiger partial charge is 0.166 e. The summed E-state index contributed by atoms with van der Waals surface area (Å²) in [6.45, 7) is 0. The zero-order valence-electron chi connectivity index (χ0n) is 27.6. The van der Waals surface area contributed by atoms with Crippen molar-refractivity contribution in [1.29, 1.82) is 0 Å². The lowest BCUT2D eigenvalue weighted by Gasteiger charge is -2.08. The average molecular weight is 793 g/mol. The van der Waals surface area contributed by atoms with Crippen molar-refractivity contribution in [2.45, 2.75) is 12.4 Å². The number of fused-ring (bicyclic) bond motifs is 10. The summed E-state index contributed by atoms with van der Waals surface area (Å²) >= 11 is 6.94. The van der Waals surface area contributed by atoms with Gasteiger partial charge < -0.3 is 0 Å². The lowest BCUT2D eigenvalue weighted by atomic mass is 10.0. The molecule has 0 aliphatic rings. The van der Waals surface area contributed by atoms with Crippen molar-refractivity contribution in [2.24, 2.45) is 0 Å². The third-order valence-electron chi connectivity index (χ3n) is 9.76. The maximum atomic E-state index is 13.1. The van der Waals surface area contributed by atoms with Gasteiger partial charge in [-0.1, -0.05) is 60.7 Å². The minimum atomic E-state index is -4.37. The van der Waals surface area contributed by atoms with E-state index in [1.807, 2.05) is 12.1 Å². The summed E-state index contributed by atoms with van der Waals surface area (Å²) in [7, 11) is 0. The molecule has 0 aliphatic heterocycles. The first-order valence-corrected chi connectivity index (χ1v) is 20.0. The van der Waals surface area contributed by atoms with Crippen molar-refractivity contribution >= 4 is 117 Å². The van der Waals surface area contributed by atoms with Crippen LogP contribution in [0, 0.1) is 0 Å². The van der Waals surface area contributed by atoms with E-state index in [4.69, 9.17) is 0 Å². The summed E-state index contributed by atoms with van der Waals surface area (Å²) in [5.74, 6) is 0. The number of halogens is 6. The molecule has 264 valence electrons. The Bertz CT molecular complexity index is 2900. The van der Waals surface area contributed by atoms with Gasteiger partial charge in [-0.2, -0.15) is 26.3 Å². The minimum absolute atomic E-state index is 0.655. The second-order valence-corrected chi connectivity index (χ2v) is 17.4. The molecule has 0 N–H and O–H groups in total. The molecule has 4 heterocycles. The molecule has 6 aromatic carbocycles. The largest absolute Gasteiger partial charge is 0.416 e. The molecule has 0 bridgehead atoms. The molecule has 0 atom stereocenters. The molecule has 0 saturated heterocycles. The number of alkyl halides is 6. The molecule has 10 aromatic rings. The monoisotopic (exact) mass is 792 g/mol. The first kappa shape index (κ1) is 33.6. The van der Waals surface area contributed by atoms with Crippen LogP contribution < -0.4 is 0 Å². The number of hydrogen-bond donors (Lipinski definition) is 0. The van der Waals surface area contributed by atoms with Gasteiger partial charge in [-0.15, -0.1) is 45.3 Å². The molecule has 10 heteroatoms.